The Kier molecular flexibility index (Phi) is 6.40. The fourth-order valence-corrected chi connectivity index (χ4v) is 3.46. The van der Waals surface area contributed by atoms with Crippen molar-refractivity contribution in [3.8, 4) is 17.3 Å². The van der Waals surface area contributed by atoms with Gasteiger partial charge < -0.3 is 10.3 Å². The average molecular weight is 435 g/mol. The number of carbonyl (C=O) groups excluding carboxylic acids is 1. The maximum atomic E-state index is 12.7. The van der Waals surface area contributed by atoms with Gasteiger partial charge in [-0.15, -0.1) is 0 Å². The molecule has 8 nitrogen and oxygen atoms in total. The highest BCUT2D eigenvalue weighted by atomic mass is 16.5. The van der Waals surface area contributed by atoms with Crippen molar-refractivity contribution in [2.24, 2.45) is 5.41 Å². The molecule has 1 unspecified atom stereocenters. The van der Waals surface area contributed by atoms with Crippen molar-refractivity contribution >= 4 is 17.6 Å². The first kappa shape index (κ1) is 23.1. The second-order valence-corrected chi connectivity index (χ2v) is 9.51. The predicted molar refractivity (Wildman–Crippen MR) is 124 cm³/mol. The minimum absolute atomic E-state index is 0.0406. The van der Waals surface area contributed by atoms with Gasteiger partial charge >= 0.3 is 0 Å². The second kappa shape index (κ2) is 8.87. The summed E-state index contributed by atoms with van der Waals surface area (Å²) < 4.78 is 6.91. The molecule has 0 radical (unpaired) electrons. The predicted octanol–water partition coefficient (Wildman–Crippen LogP) is 4.90. The number of hydrogen-bond donors (Lipinski definition) is 2. The third-order valence-corrected chi connectivity index (χ3v) is 5.14. The molecule has 0 aliphatic rings. The Morgan fingerprint density at radius 2 is 1.91 bits per heavy atom. The van der Waals surface area contributed by atoms with Gasteiger partial charge in [0, 0.05) is 17.7 Å². The van der Waals surface area contributed by atoms with Crippen LogP contribution >= 0.6 is 0 Å². The van der Waals surface area contributed by atoms with E-state index in [1.807, 2.05) is 45.0 Å². The average Bonchev–Trinajstić information content (AvgIpc) is 3.29. The molecule has 168 valence electrons. The molecule has 0 fully saturated rings. The molecule has 8 heteroatoms. The molecule has 2 heterocycles. The lowest BCUT2D eigenvalue weighted by Gasteiger charge is -2.15. The van der Waals surface area contributed by atoms with E-state index in [1.165, 1.54) is 0 Å². The van der Waals surface area contributed by atoms with Crippen molar-refractivity contribution in [2.75, 3.05) is 11.1 Å². The summed E-state index contributed by atoms with van der Waals surface area (Å²) in [6.07, 6.45) is 0.755. The van der Waals surface area contributed by atoms with Crippen LogP contribution in [0.25, 0.3) is 11.3 Å². The van der Waals surface area contributed by atoms with E-state index in [2.05, 4.69) is 42.4 Å². The zero-order chi connectivity index (χ0) is 23.6. The topological polar surface area (TPSA) is 123 Å². The zero-order valence-corrected chi connectivity index (χ0v) is 19.4. The van der Waals surface area contributed by atoms with Gasteiger partial charge in [-0.3, -0.25) is 10.1 Å². The summed E-state index contributed by atoms with van der Waals surface area (Å²) in [7, 11) is 0. The molecule has 3 rings (SSSR count). The minimum Gasteiger partial charge on any atom is -0.383 e. The number of nitrogens with zero attached hydrogens (tertiary/aromatic N) is 4. The maximum absolute atomic E-state index is 12.7. The van der Waals surface area contributed by atoms with Crippen molar-refractivity contribution in [3.05, 3.63) is 47.2 Å². The number of rotatable bonds is 6. The summed E-state index contributed by atoms with van der Waals surface area (Å²) in [6, 6.07) is 11.4. The Morgan fingerprint density at radius 1 is 1.25 bits per heavy atom. The lowest BCUT2D eigenvalue weighted by molar-refractivity contribution is -0.117. The Morgan fingerprint density at radius 3 is 2.47 bits per heavy atom. The van der Waals surface area contributed by atoms with Crippen LogP contribution in [0.2, 0.25) is 0 Å². The molecule has 2 aromatic heterocycles. The number of hydrogen-bond acceptors (Lipinski definition) is 6. The fraction of sp³-hybridized carbons (Fsp3) is 0.417. The van der Waals surface area contributed by atoms with E-state index in [4.69, 9.17) is 10.3 Å². The summed E-state index contributed by atoms with van der Waals surface area (Å²) in [4.78, 5) is 12.7. The summed E-state index contributed by atoms with van der Waals surface area (Å²) >= 11 is 0. The molecule has 3 N–H and O–H groups in total. The van der Waals surface area contributed by atoms with Crippen molar-refractivity contribution in [2.45, 2.75) is 59.9 Å². The van der Waals surface area contributed by atoms with Gasteiger partial charge in [0.2, 0.25) is 11.8 Å². The van der Waals surface area contributed by atoms with Crippen molar-refractivity contribution in [1.82, 2.24) is 14.9 Å². The lowest BCUT2D eigenvalue weighted by atomic mass is 9.91. The minimum atomic E-state index is -0.408. The molecular formula is C24H30N6O2. The first-order valence-electron chi connectivity index (χ1n) is 10.6. The van der Waals surface area contributed by atoms with E-state index in [1.54, 1.807) is 10.7 Å². The number of carbonyl (C=O) groups is 1. The van der Waals surface area contributed by atoms with Crippen LogP contribution in [0.15, 0.2) is 34.9 Å². The smallest absolute Gasteiger partial charge is 0.234 e. The number of amides is 1. The highest BCUT2D eigenvalue weighted by Crippen LogP contribution is 2.30. The molecule has 3 aromatic rings. The second-order valence-electron chi connectivity index (χ2n) is 9.51. The Bertz CT molecular complexity index is 1140. The molecule has 1 atom stereocenters. The van der Waals surface area contributed by atoms with E-state index in [9.17, 15) is 10.1 Å². The van der Waals surface area contributed by atoms with Gasteiger partial charge in [0.1, 0.15) is 23.1 Å². The van der Waals surface area contributed by atoms with Gasteiger partial charge in [-0.1, -0.05) is 50.2 Å². The number of nitrogens with two attached hydrogens (primary N) is 1. The standard InChI is InChI=1S/C24H30N6O2/c1-14(2)30-22(26)19(13-25)21(28-30)17-9-7-16(8-10-17)15(3)23(31)27-20-11-18(29-32-20)12-24(4,5)6/h7-11,14-15H,12,26H2,1-6H3,(H,27,31). The highest BCUT2D eigenvalue weighted by molar-refractivity contribution is 5.94. The van der Waals surface area contributed by atoms with Gasteiger partial charge in [0.15, 0.2) is 0 Å². The number of nitrogen functional groups attached to an aromatic ring is 1. The summed E-state index contributed by atoms with van der Waals surface area (Å²) in [5.74, 6) is 0.0921. The number of aromatic nitrogens is 3. The number of benzene rings is 1. The van der Waals surface area contributed by atoms with E-state index in [0.29, 0.717) is 23.0 Å². The molecule has 0 aliphatic carbocycles. The molecule has 0 saturated carbocycles. The molecule has 0 saturated heterocycles. The van der Waals surface area contributed by atoms with Crippen LogP contribution in [0.4, 0.5) is 11.7 Å². The third-order valence-electron chi connectivity index (χ3n) is 5.14. The third kappa shape index (κ3) is 4.99. The molecule has 0 aliphatic heterocycles. The summed E-state index contributed by atoms with van der Waals surface area (Å²) in [5, 5.41) is 20.9. The summed E-state index contributed by atoms with van der Waals surface area (Å²) in [5.41, 5.74) is 9.46. The maximum Gasteiger partial charge on any atom is 0.234 e. The van der Waals surface area contributed by atoms with E-state index in [-0.39, 0.29) is 17.4 Å². The van der Waals surface area contributed by atoms with E-state index in [0.717, 1.165) is 23.2 Å². The van der Waals surface area contributed by atoms with Crippen LogP contribution in [0.5, 0.6) is 0 Å². The quantitative estimate of drug-likeness (QED) is 0.568. The Hall–Kier alpha value is -3.60. The van der Waals surface area contributed by atoms with Gasteiger partial charge in [0.25, 0.3) is 0 Å². The molecule has 1 aromatic carbocycles. The van der Waals surface area contributed by atoms with E-state index < -0.39 is 5.92 Å². The van der Waals surface area contributed by atoms with Crippen LogP contribution in [0.1, 0.15) is 70.3 Å². The van der Waals surface area contributed by atoms with Crippen molar-refractivity contribution < 1.29 is 9.32 Å². The van der Waals surface area contributed by atoms with Gasteiger partial charge in [0.05, 0.1) is 11.6 Å². The van der Waals surface area contributed by atoms with Crippen LogP contribution in [0.3, 0.4) is 0 Å². The van der Waals surface area contributed by atoms with Crippen LogP contribution in [-0.4, -0.2) is 20.8 Å². The van der Waals surface area contributed by atoms with Gasteiger partial charge in [-0.25, -0.2) is 4.68 Å². The Balaban J connectivity index is 1.74. The van der Waals surface area contributed by atoms with Crippen molar-refractivity contribution in [1.29, 1.82) is 5.26 Å². The lowest BCUT2D eigenvalue weighted by Crippen LogP contribution is -2.18. The molecule has 1 amide bonds. The summed E-state index contributed by atoms with van der Waals surface area (Å²) in [6.45, 7) is 12.1. The normalized spacial score (nSPS) is 12.6. The van der Waals surface area contributed by atoms with Crippen LogP contribution in [0, 0.1) is 16.7 Å². The first-order chi connectivity index (χ1) is 15.0. The Labute approximate surface area is 188 Å². The number of anilines is 2. The van der Waals surface area contributed by atoms with E-state index >= 15 is 0 Å². The first-order valence-corrected chi connectivity index (χ1v) is 10.6. The SMILES string of the molecule is CC(C(=O)Nc1cc(CC(C)(C)C)no1)c1ccc(-c2nn(C(C)C)c(N)c2C#N)cc1. The fourth-order valence-electron chi connectivity index (χ4n) is 3.46. The molecule has 32 heavy (non-hydrogen) atoms. The van der Waals surface area contributed by atoms with Gasteiger partial charge in [-0.2, -0.15) is 10.4 Å². The molecular weight excluding hydrogens is 404 g/mol. The van der Waals surface area contributed by atoms with Crippen LogP contribution in [-0.2, 0) is 11.2 Å². The number of nitrogens with one attached hydrogen (secondary N) is 1. The monoisotopic (exact) mass is 434 g/mol. The molecule has 0 spiro atoms. The molecule has 0 bridgehead atoms. The van der Waals surface area contributed by atoms with Crippen molar-refractivity contribution in [3.63, 3.8) is 0 Å². The number of nitriles is 1. The zero-order valence-electron chi connectivity index (χ0n) is 19.4. The highest BCUT2D eigenvalue weighted by Gasteiger charge is 2.21. The van der Waals surface area contributed by atoms with Gasteiger partial charge in [-0.05, 0) is 38.2 Å². The largest absolute Gasteiger partial charge is 0.383 e. The van der Waals surface area contributed by atoms with Crippen LogP contribution < -0.4 is 11.1 Å².